The van der Waals surface area contributed by atoms with Crippen molar-refractivity contribution < 1.29 is 4.39 Å². The standard InChI is InChI=1S/C15H22FN/c1-11-6-8-13(10-14(11)16)15(17)9-7-12-4-2-3-5-12/h6,8,10,12,15H,2-5,7,9,17H2,1H3. The average Bonchev–Trinajstić information content (AvgIpc) is 2.82. The van der Waals surface area contributed by atoms with Crippen LogP contribution in [0.25, 0.3) is 0 Å². The highest BCUT2D eigenvalue weighted by atomic mass is 19.1. The van der Waals surface area contributed by atoms with Crippen LogP contribution in [0.5, 0.6) is 0 Å². The molecular formula is C15H22FN. The Morgan fingerprint density at radius 3 is 2.71 bits per heavy atom. The van der Waals surface area contributed by atoms with Gasteiger partial charge in [0.15, 0.2) is 0 Å². The number of aryl methyl sites for hydroxylation is 1. The van der Waals surface area contributed by atoms with Crippen molar-refractivity contribution in [1.82, 2.24) is 0 Å². The molecule has 0 bridgehead atoms. The van der Waals surface area contributed by atoms with Crippen LogP contribution in [0.4, 0.5) is 4.39 Å². The monoisotopic (exact) mass is 235 g/mol. The number of hydrogen-bond acceptors (Lipinski definition) is 1. The van der Waals surface area contributed by atoms with E-state index in [9.17, 15) is 4.39 Å². The third kappa shape index (κ3) is 3.29. The Morgan fingerprint density at radius 1 is 1.35 bits per heavy atom. The number of nitrogens with two attached hydrogens (primary N) is 1. The SMILES string of the molecule is Cc1ccc(C(N)CCC2CCCC2)cc1F. The van der Waals surface area contributed by atoms with E-state index in [2.05, 4.69) is 0 Å². The summed E-state index contributed by atoms with van der Waals surface area (Å²) in [6.45, 7) is 1.78. The minimum Gasteiger partial charge on any atom is -0.324 e. The number of halogens is 1. The van der Waals surface area contributed by atoms with Crippen LogP contribution >= 0.6 is 0 Å². The summed E-state index contributed by atoms with van der Waals surface area (Å²) in [4.78, 5) is 0. The summed E-state index contributed by atoms with van der Waals surface area (Å²) >= 11 is 0. The van der Waals surface area contributed by atoms with Gasteiger partial charge in [-0.1, -0.05) is 37.8 Å². The van der Waals surface area contributed by atoms with Gasteiger partial charge in [-0.2, -0.15) is 0 Å². The van der Waals surface area contributed by atoms with Gasteiger partial charge in [-0.25, -0.2) is 4.39 Å². The highest BCUT2D eigenvalue weighted by molar-refractivity contribution is 5.25. The zero-order valence-corrected chi connectivity index (χ0v) is 10.6. The average molecular weight is 235 g/mol. The van der Waals surface area contributed by atoms with Crippen molar-refractivity contribution in [2.45, 2.75) is 51.5 Å². The van der Waals surface area contributed by atoms with Crippen LogP contribution in [0, 0.1) is 18.7 Å². The smallest absolute Gasteiger partial charge is 0.126 e. The zero-order valence-electron chi connectivity index (χ0n) is 10.6. The highest BCUT2D eigenvalue weighted by Gasteiger charge is 2.16. The summed E-state index contributed by atoms with van der Waals surface area (Å²) in [5.41, 5.74) is 7.75. The molecule has 1 aliphatic carbocycles. The molecule has 1 aromatic rings. The van der Waals surface area contributed by atoms with Gasteiger partial charge < -0.3 is 5.73 Å². The molecule has 1 fully saturated rings. The first-order valence-corrected chi connectivity index (χ1v) is 6.68. The molecule has 94 valence electrons. The molecule has 2 rings (SSSR count). The van der Waals surface area contributed by atoms with Crippen LogP contribution in [0.2, 0.25) is 0 Å². The molecule has 1 saturated carbocycles. The molecule has 0 spiro atoms. The lowest BCUT2D eigenvalue weighted by atomic mass is 9.95. The fourth-order valence-corrected chi connectivity index (χ4v) is 2.72. The second kappa shape index (κ2) is 5.63. The molecule has 1 aromatic carbocycles. The fraction of sp³-hybridized carbons (Fsp3) is 0.600. The van der Waals surface area contributed by atoms with Crippen molar-refractivity contribution in [1.29, 1.82) is 0 Å². The minimum atomic E-state index is -0.140. The molecular weight excluding hydrogens is 213 g/mol. The molecule has 0 aromatic heterocycles. The Labute approximate surface area is 103 Å². The number of benzene rings is 1. The first kappa shape index (κ1) is 12.6. The van der Waals surface area contributed by atoms with Gasteiger partial charge in [0.25, 0.3) is 0 Å². The Kier molecular flexibility index (Phi) is 4.16. The van der Waals surface area contributed by atoms with E-state index in [0.717, 1.165) is 17.9 Å². The second-order valence-electron chi connectivity index (χ2n) is 5.34. The van der Waals surface area contributed by atoms with E-state index in [1.165, 1.54) is 32.1 Å². The summed E-state index contributed by atoms with van der Waals surface area (Å²) in [5.74, 6) is 0.718. The molecule has 1 atom stereocenters. The van der Waals surface area contributed by atoms with Gasteiger partial charge in [-0.15, -0.1) is 0 Å². The lowest BCUT2D eigenvalue weighted by Crippen LogP contribution is -2.12. The molecule has 0 aliphatic heterocycles. The Bertz CT molecular complexity index is 369. The molecule has 17 heavy (non-hydrogen) atoms. The predicted molar refractivity (Wildman–Crippen MR) is 69.3 cm³/mol. The Balaban J connectivity index is 1.89. The third-order valence-corrected chi connectivity index (χ3v) is 3.98. The Morgan fingerprint density at radius 2 is 2.06 bits per heavy atom. The molecule has 0 amide bonds. The largest absolute Gasteiger partial charge is 0.324 e. The van der Waals surface area contributed by atoms with E-state index in [1.807, 2.05) is 12.1 Å². The second-order valence-corrected chi connectivity index (χ2v) is 5.34. The molecule has 1 nitrogen and oxygen atoms in total. The van der Waals surface area contributed by atoms with Gasteiger partial charge in [-0.05, 0) is 42.9 Å². The van der Waals surface area contributed by atoms with Gasteiger partial charge in [0.2, 0.25) is 0 Å². The van der Waals surface area contributed by atoms with E-state index in [1.54, 1.807) is 13.0 Å². The van der Waals surface area contributed by atoms with E-state index in [-0.39, 0.29) is 11.9 Å². The van der Waals surface area contributed by atoms with E-state index in [4.69, 9.17) is 5.73 Å². The summed E-state index contributed by atoms with van der Waals surface area (Å²) < 4.78 is 13.4. The predicted octanol–water partition coefficient (Wildman–Crippen LogP) is 4.10. The first-order valence-electron chi connectivity index (χ1n) is 6.68. The van der Waals surface area contributed by atoms with Crippen molar-refractivity contribution in [3.05, 3.63) is 35.1 Å². The molecule has 0 heterocycles. The molecule has 0 radical (unpaired) electrons. The maximum absolute atomic E-state index is 13.4. The van der Waals surface area contributed by atoms with Crippen LogP contribution in [-0.4, -0.2) is 0 Å². The van der Waals surface area contributed by atoms with Crippen LogP contribution in [-0.2, 0) is 0 Å². The zero-order chi connectivity index (χ0) is 12.3. The van der Waals surface area contributed by atoms with Gasteiger partial charge in [0.1, 0.15) is 5.82 Å². The van der Waals surface area contributed by atoms with Crippen molar-refractivity contribution in [2.24, 2.45) is 11.7 Å². The van der Waals surface area contributed by atoms with Gasteiger partial charge in [0, 0.05) is 6.04 Å². The topological polar surface area (TPSA) is 26.0 Å². The van der Waals surface area contributed by atoms with Gasteiger partial charge in [-0.3, -0.25) is 0 Å². The van der Waals surface area contributed by atoms with Crippen LogP contribution in [0.3, 0.4) is 0 Å². The maximum Gasteiger partial charge on any atom is 0.126 e. The number of rotatable bonds is 4. The minimum absolute atomic E-state index is 0.00861. The van der Waals surface area contributed by atoms with E-state index in [0.29, 0.717) is 5.56 Å². The van der Waals surface area contributed by atoms with Crippen molar-refractivity contribution >= 4 is 0 Å². The lowest BCUT2D eigenvalue weighted by molar-refractivity contribution is 0.453. The van der Waals surface area contributed by atoms with Crippen LogP contribution in [0.15, 0.2) is 18.2 Å². The van der Waals surface area contributed by atoms with E-state index >= 15 is 0 Å². The van der Waals surface area contributed by atoms with E-state index < -0.39 is 0 Å². The normalized spacial score (nSPS) is 18.5. The van der Waals surface area contributed by atoms with Crippen molar-refractivity contribution in [3.63, 3.8) is 0 Å². The van der Waals surface area contributed by atoms with Crippen molar-refractivity contribution in [3.8, 4) is 0 Å². The molecule has 2 N–H and O–H groups in total. The van der Waals surface area contributed by atoms with Crippen LogP contribution in [0.1, 0.15) is 55.7 Å². The highest BCUT2D eigenvalue weighted by Crippen LogP contribution is 2.31. The summed E-state index contributed by atoms with van der Waals surface area (Å²) in [6, 6.07) is 5.36. The third-order valence-electron chi connectivity index (χ3n) is 3.98. The van der Waals surface area contributed by atoms with Crippen molar-refractivity contribution in [2.75, 3.05) is 0 Å². The summed E-state index contributed by atoms with van der Waals surface area (Å²) in [5, 5.41) is 0. The molecule has 1 unspecified atom stereocenters. The van der Waals surface area contributed by atoms with Gasteiger partial charge in [0.05, 0.1) is 0 Å². The fourth-order valence-electron chi connectivity index (χ4n) is 2.72. The Hall–Kier alpha value is -0.890. The summed E-state index contributed by atoms with van der Waals surface area (Å²) in [6.07, 6.45) is 7.63. The maximum atomic E-state index is 13.4. The van der Waals surface area contributed by atoms with Gasteiger partial charge >= 0.3 is 0 Å². The number of hydrogen-bond donors (Lipinski definition) is 1. The molecule has 2 heteroatoms. The summed E-state index contributed by atoms with van der Waals surface area (Å²) in [7, 11) is 0. The molecule has 0 saturated heterocycles. The quantitative estimate of drug-likeness (QED) is 0.835. The lowest BCUT2D eigenvalue weighted by Gasteiger charge is -2.15. The van der Waals surface area contributed by atoms with Crippen LogP contribution < -0.4 is 5.73 Å². The first-order chi connectivity index (χ1) is 8.16. The molecule has 1 aliphatic rings.